The Balaban J connectivity index is 2.00. The number of hydrogen-bond donors (Lipinski definition) is 2. The van der Waals surface area contributed by atoms with E-state index in [0.717, 1.165) is 24.2 Å². The van der Waals surface area contributed by atoms with E-state index in [4.69, 9.17) is 4.74 Å². The summed E-state index contributed by atoms with van der Waals surface area (Å²) in [6.45, 7) is 0. The van der Waals surface area contributed by atoms with E-state index in [0.29, 0.717) is 12.8 Å². The maximum absolute atomic E-state index is 11.1. The summed E-state index contributed by atoms with van der Waals surface area (Å²) in [6, 6.07) is 7.70. The molecule has 3 fully saturated rings. The van der Waals surface area contributed by atoms with E-state index in [-0.39, 0.29) is 17.9 Å². The molecular formula is C15H20O3. The first kappa shape index (κ1) is 12.0. The van der Waals surface area contributed by atoms with Crippen molar-refractivity contribution in [2.45, 2.75) is 37.4 Å². The van der Waals surface area contributed by atoms with Crippen molar-refractivity contribution >= 4 is 0 Å². The van der Waals surface area contributed by atoms with Crippen LogP contribution in [0.25, 0.3) is 0 Å². The zero-order valence-electron chi connectivity index (χ0n) is 10.7. The molecule has 3 aliphatic rings. The van der Waals surface area contributed by atoms with Crippen molar-refractivity contribution in [3.8, 4) is 5.75 Å². The van der Waals surface area contributed by atoms with Crippen molar-refractivity contribution in [3.05, 3.63) is 29.8 Å². The second-order valence-corrected chi connectivity index (χ2v) is 5.67. The van der Waals surface area contributed by atoms with Crippen LogP contribution >= 0.6 is 0 Å². The largest absolute Gasteiger partial charge is 0.496 e. The van der Waals surface area contributed by atoms with Crippen LogP contribution in [0, 0.1) is 11.8 Å². The molecule has 2 bridgehead atoms. The molecule has 0 amide bonds. The van der Waals surface area contributed by atoms with Crippen LogP contribution in [0.5, 0.6) is 5.75 Å². The molecule has 0 aromatic heterocycles. The Hall–Kier alpha value is -1.06. The summed E-state index contributed by atoms with van der Waals surface area (Å²) in [7, 11) is 1.64. The van der Waals surface area contributed by atoms with Crippen LogP contribution in [-0.2, 0) is 5.60 Å². The number of aliphatic hydroxyl groups is 2. The number of ether oxygens (including phenoxy) is 1. The predicted molar refractivity (Wildman–Crippen MR) is 68.3 cm³/mol. The zero-order valence-corrected chi connectivity index (χ0v) is 10.7. The van der Waals surface area contributed by atoms with Crippen LogP contribution in [-0.4, -0.2) is 23.4 Å². The van der Waals surface area contributed by atoms with Gasteiger partial charge in [-0.2, -0.15) is 0 Å². The minimum atomic E-state index is -0.825. The molecule has 2 N–H and O–H groups in total. The number of fused-ring (bicyclic) bond motifs is 3. The first-order chi connectivity index (χ1) is 8.65. The highest BCUT2D eigenvalue weighted by Crippen LogP contribution is 2.53. The molecule has 0 spiro atoms. The van der Waals surface area contributed by atoms with Crippen molar-refractivity contribution < 1.29 is 14.9 Å². The van der Waals surface area contributed by atoms with Gasteiger partial charge in [-0.3, -0.25) is 0 Å². The summed E-state index contributed by atoms with van der Waals surface area (Å²) >= 11 is 0. The first-order valence-corrected chi connectivity index (χ1v) is 6.69. The van der Waals surface area contributed by atoms with E-state index >= 15 is 0 Å². The second kappa shape index (κ2) is 4.25. The minimum Gasteiger partial charge on any atom is -0.496 e. The van der Waals surface area contributed by atoms with E-state index in [1.807, 2.05) is 24.3 Å². The molecule has 3 saturated carbocycles. The third-order valence-electron chi connectivity index (χ3n) is 4.78. The Morgan fingerprint density at radius 3 is 2.67 bits per heavy atom. The van der Waals surface area contributed by atoms with Crippen molar-refractivity contribution in [1.29, 1.82) is 0 Å². The lowest BCUT2D eigenvalue weighted by atomic mass is 9.58. The maximum atomic E-state index is 11.1. The Morgan fingerprint density at radius 1 is 1.28 bits per heavy atom. The lowest BCUT2D eigenvalue weighted by Crippen LogP contribution is -2.50. The summed E-state index contributed by atoms with van der Waals surface area (Å²) in [5.41, 5.74) is 0.0588. The quantitative estimate of drug-likeness (QED) is 0.842. The fraction of sp³-hybridized carbons (Fsp3) is 0.600. The number of aliphatic hydroxyl groups excluding tert-OH is 1. The molecule has 0 radical (unpaired) electrons. The molecule has 0 aliphatic heterocycles. The minimum absolute atomic E-state index is 0.147. The van der Waals surface area contributed by atoms with E-state index in [2.05, 4.69) is 0 Å². The number of benzene rings is 1. The van der Waals surface area contributed by atoms with Crippen molar-refractivity contribution in [2.24, 2.45) is 11.8 Å². The van der Waals surface area contributed by atoms with Crippen LogP contribution in [0.1, 0.15) is 31.2 Å². The highest BCUT2D eigenvalue weighted by atomic mass is 16.5. The molecule has 98 valence electrons. The molecule has 0 heterocycles. The number of rotatable bonds is 2. The lowest BCUT2D eigenvalue weighted by molar-refractivity contribution is -0.147. The van der Waals surface area contributed by atoms with Gasteiger partial charge in [0.15, 0.2) is 0 Å². The summed E-state index contributed by atoms with van der Waals surface area (Å²) in [5, 5.41) is 21.0. The fourth-order valence-electron chi connectivity index (χ4n) is 3.78. The normalized spacial score (nSPS) is 38.7. The number of methoxy groups -OCH3 is 1. The molecule has 4 atom stereocenters. The molecule has 3 aliphatic carbocycles. The average molecular weight is 248 g/mol. The Bertz CT molecular complexity index is 445. The highest BCUT2D eigenvalue weighted by molar-refractivity contribution is 5.39. The molecule has 4 rings (SSSR count). The Kier molecular flexibility index (Phi) is 2.83. The van der Waals surface area contributed by atoms with Crippen LogP contribution in [0.3, 0.4) is 0 Å². The summed E-state index contributed by atoms with van der Waals surface area (Å²) < 4.78 is 5.38. The van der Waals surface area contributed by atoms with Gasteiger partial charge in [0.25, 0.3) is 0 Å². The van der Waals surface area contributed by atoms with Crippen molar-refractivity contribution in [1.82, 2.24) is 0 Å². The zero-order chi connectivity index (χ0) is 12.8. The molecule has 3 heteroatoms. The Labute approximate surface area is 107 Å². The molecule has 18 heavy (non-hydrogen) atoms. The summed E-state index contributed by atoms with van der Waals surface area (Å²) in [6.07, 6.45) is 3.15. The monoisotopic (exact) mass is 248 g/mol. The summed E-state index contributed by atoms with van der Waals surface area (Å²) in [5.74, 6) is 1.13. The molecule has 3 nitrogen and oxygen atoms in total. The van der Waals surface area contributed by atoms with E-state index in [1.54, 1.807) is 7.11 Å². The van der Waals surface area contributed by atoms with E-state index in [9.17, 15) is 10.2 Å². The fourth-order valence-corrected chi connectivity index (χ4v) is 3.78. The van der Waals surface area contributed by atoms with Crippen LogP contribution in [0.2, 0.25) is 0 Å². The molecule has 0 saturated heterocycles. The van der Waals surface area contributed by atoms with Crippen molar-refractivity contribution in [2.75, 3.05) is 7.11 Å². The Morgan fingerprint density at radius 2 is 2.06 bits per heavy atom. The molecule has 1 aromatic carbocycles. The average Bonchev–Trinajstić information content (AvgIpc) is 2.40. The van der Waals surface area contributed by atoms with Gasteiger partial charge in [-0.25, -0.2) is 0 Å². The smallest absolute Gasteiger partial charge is 0.124 e. The highest BCUT2D eigenvalue weighted by Gasteiger charge is 2.51. The van der Waals surface area contributed by atoms with Gasteiger partial charge < -0.3 is 14.9 Å². The molecular weight excluding hydrogens is 228 g/mol. The third kappa shape index (κ3) is 1.65. The van der Waals surface area contributed by atoms with Gasteiger partial charge in [0, 0.05) is 5.56 Å². The van der Waals surface area contributed by atoms with Crippen LogP contribution < -0.4 is 4.74 Å². The van der Waals surface area contributed by atoms with Gasteiger partial charge in [0.05, 0.1) is 18.8 Å². The van der Waals surface area contributed by atoms with Gasteiger partial charge in [-0.15, -0.1) is 0 Å². The number of hydrogen-bond acceptors (Lipinski definition) is 3. The molecule has 1 aromatic rings. The van der Waals surface area contributed by atoms with Gasteiger partial charge >= 0.3 is 0 Å². The first-order valence-electron chi connectivity index (χ1n) is 6.69. The lowest BCUT2D eigenvalue weighted by Gasteiger charge is -2.51. The SMILES string of the molecule is COc1ccccc1[C@]1(O)C[C@@H]2CC[C@H]1C[C@H]2O. The van der Waals surface area contributed by atoms with E-state index in [1.165, 1.54) is 0 Å². The third-order valence-corrected chi connectivity index (χ3v) is 4.78. The topological polar surface area (TPSA) is 49.7 Å². The van der Waals surface area contributed by atoms with Gasteiger partial charge in [0.1, 0.15) is 5.75 Å². The van der Waals surface area contributed by atoms with Crippen LogP contribution in [0.15, 0.2) is 24.3 Å². The second-order valence-electron chi connectivity index (χ2n) is 5.67. The predicted octanol–water partition coefficient (Wildman–Crippen LogP) is 2.06. The van der Waals surface area contributed by atoms with E-state index < -0.39 is 5.60 Å². The van der Waals surface area contributed by atoms with Gasteiger partial charge in [-0.1, -0.05) is 18.2 Å². The summed E-state index contributed by atoms with van der Waals surface area (Å²) in [4.78, 5) is 0. The number of para-hydroxylation sites is 1. The maximum Gasteiger partial charge on any atom is 0.124 e. The van der Waals surface area contributed by atoms with Crippen molar-refractivity contribution in [3.63, 3.8) is 0 Å². The molecule has 0 unspecified atom stereocenters. The van der Waals surface area contributed by atoms with Crippen LogP contribution in [0.4, 0.5) is 0 Å². The van der Waals surface area contributed by atoms with Gasteiger partial charge in [-0.05, 0) is 43.6 Å². The van der Waals surface area contributed by atoms with Gasteiger partial charge in [0.2, 0.25) is 0 Å². The standard InChI is InChI=1S/C15H20O3/c1-18-14-5-3-2-4-12(14)15(17)9-10-6-7-11(15)8-13(10)16/h2-5,10-11,13,16-17H,6-9H2,1H3/t10-,11-,13+,15-/m0/s1.